The first-order chi connectivity index (χ1) is 8.60. The zero-order valence-electron chi connectivity index (χ0n) is 9.81. The van der Waals surface area contributed by atoms with Gasteiger partial charge in [0.05, 0.1) is 19.4 Å². The summed E-state index contributed by atoms with van der Waals surface area (Å²) in [5, 5.41) is 1.64. The van der Waals surface area contributed by atoms with Crippen molar-refractivity contribution in [3.8, 4) is 0 Å². The highest BCUT2D eigenvalue weighted by Gasteiger charge is 2.17. The minimum atomic E-state index is -1.00. The second-order valence-corrected chi connectivity index (χ2v) is 3.87. The van der Waals surface area contributed by atoms with E-state index in [1.165, 1.54) is 7.11 Å². The van der Waals surface area contributed by atoms with E-state index in [0.29, 0.717) is 10.6 Å². The summed E-state index contributed by atoms with van der Waals surface area (Å²) in [5.41, 5.74) is 4.93. The average molecular weight is 272 g/mol. The standard InChI is InChI=1S/C10H12N2O5S/c1-3-17-10(15)8(13)12-11-6-4-5-18-7(6)9(14)16-2/h4-5,11H,3H2,1-2H3,(H,12,13). The van der Waals surface area contributed by atoms with E-state index < -0.39 is 17.8 Å². The number of ether oxygens (including phenoxy) is 2. The number of carbonyl (C=O) groups excluding carboxylic acids is 3. The number of hydrogen-bond donors (Lipinski definition) is 2. The van der Waals surface area contributed by atoms with E-state index in [9.17, 15) is 14.4 Å². The maximum atomic E-state index is 11.3. The van der Waals surface area contributed by atoms with Crippen LogP contribution >= 0.6 is 11.3 Å². The lowest BCUT2D eigenvalue weighted by Crippen LogP contribution is -2.36. The van der Waals surface area contributed by atoms with Crippen LogP contribution in [-0.4, -0.2) is 31.6 Å². The zero-order valence-corrected chi connectivity index (χ0v) is 10.6. The van der Waals surface area contributed by atoms with E-state index in [2.05, 4.69) is 20.3 Å². The highest BCUT2D eigenvalue weighted by molar-refractivity contribution is 7.12. The SMILES string of the molecule is CCOC(=O)C(=O)NNc1ccsc1C(=O)OC. The number of carbonyl (C=O) groups is 3. The molecule has 0 aliphatic carbocycles. The molecule has 0 aliphatic heterocycles. The molecule has 0 unspecified atom stereocenters. The Labute approximate surface area is 107 Å². The number of thiophene rings is 1. The number of anilines is 1. The molecule has 1 heterocycles. The van der Waals surface area contributed by atoms with E-state index in [1.807, 2.05) is 0 Å². The maximum Gasteiger partial charge on any atom is 0.398 e. The van der Waals surface area contributed by atoms with Crippen LogP contribution in [0.5, 0.6) is 0 Å². The van der Waals surface area contributed by atoms with E-state index in [0.717, 1.165) is 11.3 Å². The van der Waals surface area contributed by atoms with E-state index >= 15 is 0 Å². The minimum absolute atomic E-state index is 0.109. The number of hydrazine groups is 1. The van der Waals surface area contributed by atoms with Gasteiger partial charge in [-0.1, -0.05) is 0 Å². The Kier molecular flexibility index (Phi) is 5.12. The number of nitrogens with one attached hydrogen (secondary N) is 2. The number of hydrogen-bond acceptors (Lipinski definition) is 7. The van der Waals surface area contributed by atoms with Crippen molar-refractivity contribution >= 4 is 34.9 Å². The molecule has 0 radical (unpaired) electrons. The molecular weight excluding hydrogens is 260 g/mol. The molecule has 0 saturated heterocycles. The molecule has 1 rings (SSSR count). The van der Waals surface area contributed by atoms with Gasteiger partial charge in [0.25, 0.3) is 0 Å². The van der Waals surface area contributed by atoms with Crippen LogP contribution in [0.4, 0.5) is 5.69 Å². The van der Waals surface area contributed by atoms with Crippen LogP contribution in [0.3, 0.4) is 0 Å². The van der Waals surface area contributed by atoms with Crippen LogP contribution in [0.15, 0.2) is 11.4 Å². The topological polar surface area (TPSA) is 93.7 Å². The molecule has 1 amide bonds. The number of amides is 1. The summed E-state index contributed by atoms with van der Waals surface area (Å²) in [6.07, 6.45) is 0. The molecule has 1 aromatic rings. The van der Waals surface area contributed by atoms with Crippen molar-refractivity contribution in [2.24, 2.45) is 0 Å². The molecule has 18 heavy (non-hydrogen) atoms. The smallest absolute Gasteiger partial charge is 0.398 e. The molecule has 0 aromatic carbocycles. The summed E-state index contributed by atoms with van der Waals surface area (Å²) in [5.74, 6) is -2.48. The number of methoxy groups -OCH3 is 1. The van der Waals surface area contributed by atoms with Gasteiger partial charge in [0, 0.05) is 0 Å². The van der Waals surface area contributed by atoms with Crippen LogP contribution in [0.25, 0.3) is 0 Å². The van der Waals surface area contributed by atoms with Crippen molar-refractivity contribution in [1.82, 2.24) is 5.43 Å². The van der Waals surface area contributed by atoms with E-state index in [-0.39, 0.29) is 6.61 Å². The number of esters is 2. The van der Waals surface area contributed by atoms with Crippen molar-refractivity contribution in [2.75, 3.05) is 19.1 Å². The molecule has 7 nitrogen and oxygen atoms in total. The second kappa shape index (κ2) is 6.60. The third-order valence-electron chi connectivity index (χ3n) is 1.81. The molecule has 8 heteroatoms. The Hall–Kier alpha value is -2.09. The normalized spacial score (nSPS) is 9.44. The van der Waals surface area contributed by atoms with Gasteiger partial charge in [-0.05, 0) is 18.4 Å². The lowest BCUT2D eigenvalue weighted by atomic mass is 10.4. The summed E-state index contributed by atoms with van der Waals surface area (Å²) in [6.45, 7) is 1.70. The largest absolute Gasteiger partial charge is 0.465 e. The van der Waals surface area contributed by atoms with Gasteiger partial charge < -0.3 is 9.47 Å². The summed E-state index contributed by atoms with van der Waals surface area (Å²) < 4.78 is 9.05. The maximum absolute atomic E-state index is 11.3. The summed E-state index contributed by atoms with van der Waals surface area (Å²) in [7, 11) is 1.25. The fraction of sp³-hybridized carbons (Fsp3) is 0.300. The summed E-state index contributed by atoms with van der Waals surface area (Å²) in [6, 6.07) is 1.57. The van der Waals surface area contributed by atoms with E-state index in [4.69, 9.17) is 0 Å². The monoisotopic (exact) mass is 272 g/mol. The van der Waals surface area contributed by atoms with Gasteiger partial charge in [-0.3, -0.25) is 15.6 Å². The third-order valence-corrected chi connectivity index (χ3v) is 2.70. The quantitative estimate of drug-likeness (QED) is 0.472. The van der Waals surface area contributed by atoms with E-state index in [1.54, 1.807) is 18.4 Å². The first-order valence-electron chi connectivity index (χ1n) is 4.99. The van der Waals surface area contributed by atoms with Crippen LogP contribution < -0.4 is 10.9 Å². The molecule has 1 aromatic heterocycles. The van der Waals surface area contributed by atoms with Crippen molar-refractivity contribution in [3.63, 3.8) is 0 Å². The predicted molar refractivity (Wildman–Crippen MR) is 64.1 cm³/mol. The third kappa shape index (κ3) is 3.45. The minimum Gasteiger partial charge on any atom is -0.465 e. The van der Waals surface area contributed by atoms with Gasteiger partial charge in [0.2, 0.25) is 0 Å². The van der Waals surface area contributed by atoms with Crippen LogP contribution in [0.1, 0.15) is 16.6 Å². The lowest BCUT2D eigenvalue weighted by molar-refractivity contribution is -0.154. The molecule has 0 saturated carbocycles. The van der Waals surface area contributed by atoms with Gasteiger partial charge >= 0.3 is 17.8 Å². The highest BCUT2D eigenvalue weighted by Crippen LogP contribution is 2.22. The highest BCUT2D eigenvalue weighted by atomic mass is 32.1. The van der Waals surface area contributed by atoms with Gasteiger partial charge in [-0.25, -0.2) is 9.59 Å². The van der Waals surface area contributed by atoms with Crippen molar-refractivity contribution < 1.29 is 23.9 Å². The Balaban J connectivity index is 2.59. The van der Waals surface area contributed by atoms with Crippen molar-refractivity contribution in [3.05, 3.63) is 16.3 Å². The molecule has 0 atom stereocenters. The average Bonchev–Trinajstić information content (AvgIpc) is 2.83. The van der Waals surface area contributed by atoms with Crippen LogP contribution in [0, 0.1) is 0 Å². The predicted octanol–water partition coefficient (Wildman–Crippen LogP) is 0.541. The number of rotatable bonds is 4. The molecule has 0 aliphatic rings. The zero-order chi connectivity index (χ0) is 13.5. The van der Waals surface area contributed by atoms with Crippen molar-refractivity contribution in [2.45, 2.75) is 6.92 Å². The van der Waals surface area contributed by atoms with Crippen LogP contribution in [0.2, 0.25) is 0 Å². The molecule has 0 fully saturated rings. The molecule has 98 valence electrons. The first kappa shape index (κ1) is 14.0. The Morgan fingerprint density at radius 3 is 2.72 bits per heavy atom. The molecule has 2 N–H and O–H groups in total. The fourth-order valence-electron chi connectivity index (χ4n) is 1.03. The molecule has 0 bridgehead atoms. The van der Waals surface area contributed by atoms with Gasteiger partial charge in [0.1, 0.15) is 4.88 Å². The molecule has 0 spiro atoms. The van der Waals surface area contributed by atoms with Gasteiger partial charge in [-0.2, -0.15) is 0 Å². The lowest BCUT2D eigenvalue weighted by Gasteiger charge is -2.07. The fourth-order valence-corrected chi connectivity index (χ4v) is 1.80. The van der Waals surface area contributed by atoms with Crippen molar-refractivity contribution in [1.29, 1.82) is 0 Å². The van der Waals surface area contributed by atoms with Gasteiger partial charge in [0.15, 0.2) is 0 Å². The Morgan fingerprint density at radius 2 is 2.11 bits per heavy atom. The summed E-state index contributed by atoms with van der Waals surface area (Å²) >= 11 is 1.15. The Morgan fingerprint density at radius 1 is 1.39 bits per heavy atom. The van der Waals surface area contributed by atoms with Crippen LogP contribution in [-0.2, 0) is 19.1 Å². The Bertz CT molecular complexity index is 457. The summed E-state index contributed by atoms with van der Waals surface area (Å²) in [4.78, 5) is 33.8. The van der Waals surface area contributed by atoms with Gasteiger partial charge in [-0.15, -0.1) is 11.3 Å². The second-order valence-electron chi connectivity index (χ2n) is 2.95. The molecular formula is C10H12N2O5S. The first-order valence-corrected chi connectivity index (χ1v) is 5.87.